The highest BCUT2D eigenvalue weighted by atomic mass is 35.5. The highest BCUT2D eigenvalue weighted by molar-refractivity contribution is 6.32. The van der Waals surface area contributed by atoms with Gasteiger partial charge in [-0.2, -0.15) is 0 Å². The van der Waals surface area contributed by atoms with E-state index in [0.717, 1.165) is 6.42 Å². The number of rotatable bonds is 6. The van der Waals surface area contributed by atoms with Crippen molar-refractivity contribution in [3.63, 3.8) is 0 Å². The number of amides is 1. The van der Waals surface area contributed by atoms with Gasteiger partial charge in [-0.15, -0.1) is 0 Å². The Morgan fingerprint density at radius 3 is 2.57 bits per heavy atom. The minimum atomic E-state index is -0.335. The van der Waals surface area contributed by atoms with Crippen LogP contribution in [0.25, 0.3) is 0 Å². The molecule has 0 atom stereocenters. The van der Waals surface area contributed by atoms with E-state index in [0.29, 0.717) is 34.4 Å². The second kappa shape index (κ2) is 7.74. The molecular formula is C17H18ClNO4. The molecule has 0 heterocycles. The maximum absolute atomic E-state index is 12.3. The number of methoxy groups -OCH3 is 1. The topological polar surface area (TPSA) is 67.8 Å². The second-order valence-electron chi connectivity index (χ2n) is 4.84. The van der Waals surface area contributed by atoms with Gasteiger partial charge in [0, 0.05) is 11.3 Å². The van der Waals surface area contributed by atoms with Crippen molar-refractivity contribution in [2.45, 2.75) is 13.3 Å². The molecule has 23 heavy (non-hydrogen) atoms. The Labute approximate surface area is 139 Å². The van der Waals surface area contributed by atoms with Crippen molar-refractivity contribution < 1.29 is 19.4 Å². The first-order valence-corrected chi connectivity index (χ1v) is 7.53. The standard InChI is InChI=1S/C17H18ClNO4/c1-3-8-23-16-14(18)9-11(10-15(16)22-2)17(21)19-12-4-6-13(20)7-5-12/h4-7,9-10,20H,3,8H2,1-2H3,(H,19,21). The van der Waals surface area contributed by atoms with Crippen molar-refractivity contribution in [1.29, 1.82) is 0 Å². The zero-order chi connectivity index (χ0) is 16.8. The van der Waals surface area contributed by atoms with Gasteiger partial charge in [0.25, 0.3) is 5.91 Å². The third-order valence-corrected chi connectivity index (χ3v) is 3.35. The van der Waals surface area contributed by atoms with Crippen molar-refractivity contribution in [3.8, 4) is 17.2 Å². The van der Waals surface area contributed by atoms with E-state index in [-0.39, 0.29) is 11.7 Å². The highest BCUT2D eigenvalue weighted by Crippen LogP contribution is 2.36. The van der Waals surface area contributed by atoms with Gasteiger partial charge in [0.05, 0.1) is 18.7 Å². The molecule has 2 rings (SSSR count). The largest absolute Gasteiger partial charge is 0.508 e. The zero-order valence-corrected chi connectivity index (χ0v) is 13.7. The summed E-state index contributed by atoms with van der Waals surface area (Å²) in [5.74, 6) is 0.627. The molecule has 0 aromatic heterocycles. The van der Waals surface area contributed by atoms with Crippen LogP contribution in [-0.4, -0.2) is 24.7 Å². The Morgan fingerprint density at radius 2 is 1.96 bits per heavy atom. The van der Waals surface area contributed by atoms with Crippen molar-refractivity contribution in [3.05, 3.63) is 47.0 Å². The van der Waals surface area contributed by atoms with E-state index in [1.807, 2.05) is 6.92 Å². The summed E-state index contributed by atoms with van der Waals surface area (Å²) in [5, 5.41) is 12.3. The first kappa shape index (κ1) is 17.0. The van der Waals surface area contributed by atoms with Gasteiger partial charge in [0.15, 0.2) is 11.5 Å². The average Bonchev–Trinajstić information content (AvgIpc) is 2.55. The quantitative estimate of drug-likeness (QED) is 0.780. The Balaban J connectivity index is 2.23. The molecule has 0 spiro atoms. The fraction of sp³-hybridized carbons (Fsp3) is 0.235. The van der Waals surface area contributed by atoms with E-state index < -0.39 is 0 Å². The van der Waals surface area contributed by atoms with Crippen LogP contribution in [0.3, 0.4) is 0 Å². The maximum Gasteiger partial charge on any atom is 0.255 e. The number of nitrogens with one attached hydrogen (secondary N) is 1. The van der Waals surface area contributed by atoms with Crippen molar-refractivity contribution in [2.24, 2.45) is 0 Å². The summed E-state index contributed by atoms with van der Waals surface area (Å²) in [4.78, 5) is 12.3. The first-order valence-electron chi connectivity index (χ1n) is 7.16. The number of phenols is 1. The molecule has 0 fully saturated rings. The second-order valence-corrected chi connectivity index (χ2v) is 5.25. The number of hydrogen-bond donors (Lipinski definition) is 2. The molecule has 0 unspecified atom stereocenters. The number of aromatic hydroxyl groups is 1. The lowest BCUT2D eigenvalue weighted by Gasteiger charge is -2.14. The molecule has 0 saturated carbocycles. The lowest BCUT2D eigenvalue weighted by atomic mass is 10.1. The summed E-state index contributed by atoms with van der Waals surface area (Å²) in [7, 11) is 1.49. The summed E-state index contributed by atoms with van der Waals surface area (Å²) in [6.07, 6.45) is 0.836. The fourth-order valence-corrected chi connectivity index (χ4v) is 2.21. The molecule has 6 heteroatoms. The summed E-state index contributed by atoms with van der Waals surface area (Å²) >= 11 is 6.20. The van der Waals surface area contributed by atoms with Crippen LogP contribution in [0, 0.1) is 0 Å². The van der Waals surface area contributed by atoms with E-state index in [1.54, 1.807) is 18.2 Å². The van der Waals surface area contributed by atoms with E-state index in [2.05, 4.69) is 5.32 Å². The first-order chi connectivity index (χ1) is 11.0. The van der Waals surface area contributed by atoms with Gasteiger partial charge in [-0.3, -0.25) is 4.79 Å². The molecule has 2 N–H and O–H groups in total. The third kappa shape index (κ3) is 4.29. The predicted octanol–water partition coefficient (Wildman–Crippen LogP) is 4.10. The number of hydrogen-bond acceptors (Lipinski definition) is 4. The molecule has 2 aromatic carbocycles. The Bertz CT molecular complexity index is 686. The van der Waals surface area contributed by atoms with Gasteiger partial charge in [0.2, 0.25) is 0 Å². The van der Waals surface area contributed by atoms with Crippen LogP contribution in [0.4, 0.5) is 5.69 Å². The lowest BCUT2D eigenvalue weighted by Crippen LogP contribution is -2.12. The summed E-state index contributed by atoms with van der Waals surface area (Å²) in [6, 6.07) is 9.29. The minimum Gasteiger partial charge on any atom is -0.508 e. The number of anilines is 1. The van der Waals surface area contributed by atoms with Crippen LogP contribution in [-0.2, 0) is 0 Å². The molecule has 0 bridgehead atoms. The maximum atomic E-state index is 12.3. The monoisotopic (exact) mass is 335 g/mol. The molecule has 0 saturated heterocycles. The van der Waals surface area contributed by atoms with Crippen LogP contribution >= 0.6 is 11.6 Å². The summed E-state index contributed by atoms with van der Waals surface area (Å²) < 4.78 is 10.8. The van der Waals surface area contributed by atoms with Crippen LogP contribution in [0.5, 0.6) is 17.2 Å². The van der Waals surface area contributed by atoms with Gasteiger partial charge >= 0.3 is 0 Å². The van der Waals surface area contributed by atoms with Crippen LogP contribution in [0.1, 0.15) is 23.7 Å². The molecule has 1 amide bonds. The fourth-order valence-electron chi connectivity index (χ4n) is 1.94. The van der Waals surface area contributed by atoms with E-state index >= 15 is 0 Å². The zero-order valence-electron chi connectivity index (χ0n) is 12.9. The van der Waals surface area contributed by atoms with Crippen molar-refractivity contribution in [2.75, 3.05) is 19.0 Å². The Hall–Kier alpha value is -2.40. The van der Waals surface area contributed by atoms with Gasteiger partial charge in [0.1, 0.15) is 5.75 Å². The SMILES string of the molecule is CCCOc1c(Cl)cc(C(=O)Nc2ccc(O)cc2)cc1OC. The van der Waals surface area contributed by atoms with Gasteiger partial charge in [-0.05, 0) is 42.8 Å². The molecule has 122 valence electrons. The van der Waals surface area contributed by atoms with Crippen LogP contribution in [0.15, 0.2) is 36.4 Å². The van der Waals surface area contributed by atoms with Crippen molar-refractivity contribution >= 4 is 23.2 Å². The van der Waals surface area contributed by atoms with Gasteiger partial charge < -0.3 is 19.9 Å². The smallest absolute Gasteiger partial charge is 0.255 e. The number of phenolic OH excluding ortho intramolecular Hbond substituents is 1. The van der Waals surface area contributed by atoms with Crippen LogP contribution < -0.4 is 14.8 Å². The molecule has 5 nitrogen and oxygen atoms in total. The molecule has 2 aromatic rings. The molecule has 0 aliphatic rings. The Kier molecular flexibility index (Phi) is 5.71. The molecule has 0 aliphatic heterocycles. The average molecular weight is 336 g/mol. The number of halogens is 1. The summed E-state index contributed by atoms with van der Waals surface area (Å²) in [5.41, 5.74) is 0.915. The highest BCUT2D eigenvalue weighted by Gasteiger charge is 2.16. The predicted molar refractivity (Wildman–Crippen MR) is 89.9 cm³/mol. The molecular weight excluding hydrogens is 318 g/mol. The van der Waals surface area contributed by atoms with Crippen molar-refractivity contribution in [1.82, 2.24) is 0 Å². The van der Waals surface area contributed by atoms with E-state index in [9.17, 15) is 9.90 Å². The molecule has 0 radical (unpaired) electrons. The minimum absolute atomic E-state index is 0.130. The Morgan fingerprint density at radius 1 is 1.26 bits per heavy atom. The number of carbonyl (C=O) groups excluding carboxylic acids is 1. The molecule has 0 aliphatic carbocycles. The van der Waals surface area contributed by atoms with E-state index in [1.165, 1.54) is 25.3 Å². The lowest BCUT2D eigenvalue weighted by molar-refractivity contribution is 0.102. The van der Waals surface area contributed by atoms with E-state index in [4.69, 9.17) is 21.1 Å². The number of benzene rings is 2. The normalized spacial score (nSPS) is 10.2. The third-order valence-electron chi connectivity index (χ3n) is 3.07. The number of ether oxygens (including phenoxy) is 2. The van der Waals surface area contributed by atoms with Gasteiger partial charge in [-0.25, -0.2) is 0 Å². The van der Waals surface area contributed by atoms with Crippen LogP contribution in [0.2, 0.25) is 5.02 Å². The van der Waals surface area contributed by atoms with Gasteiger partial charge in [-0.1, -0.05) is 18.5 Å². The number of carbonyl (C=O) groups is 1. The summed E-state index contributed by atoms with van der Waals surface area (Å²) in [6.45, 7) is 2.50.